The van der Waals surface area contributed by atoms with Gasteiger partial charge in [-0.25, -0.2) is 9.97 Å². The predicted molar refractivity (Wildman–Crippen MR) is 76.6 cm³/mol. The summed E-state index contributed by atoms with van der Waals surface area (Å²) in [5.74, 6) is -0.0321. The molecule has 1 aromatic heterocycles. The normalized spacial score (nSPS) is 10.1. The SMILES string of the molecule is COc1cc([N+](=O)[O-])ccc1Nc1ncnc(Cl)c1[N+](=O)[O-]. The lowest BCUT2D eigenvalue weighted by Gasteiger charge is -2.10. The second-order valence-electron chi connectivity index (χ2n) is 3.89. The maximum absolute atomic E-state index is 11.0. The van der Waals surface area contributed by atoms with Crippen LogP contribution in [0, 0.1) is 20.2 Å². The molecule has 0 bridgehead atoms. The molecule has 2 aromatic rings. The highest BCUT2D eigenvalue weighted by atomic mass is 35.5. The third-order valence-corrected chi connectivity index (χ3v) is 2.89. The Balaban J connectivity index is 2.46. The summed E-state index contributed by atoms with van der Waals surface area (Å²) in [6, 6.07) is 3.74. The molecule has 1 heterocycles. The van der Waals surface area contributed by atoms with Crippen LogP contribution in [0.5, 0.6) is 5.75 Å². The molecule has 10 nitrogen and oxygen atoms in total. The maximum atomic E-state index is 11.0. The summed E-state index contributed by atoms with van der Waals surface area (Å²) in [7, 11) is 1.31. The summed E-state index contributed by atoms with van der Waals surface area (Å²) in [6.07, 6.45) is 1.05. The zero-order chi connectivity index (χ0) is 16.3. The van der Waals surface area contributed by atoms with Crippen molar-refractivity contribution >= 4 is 34.5 Å². The number of hydrogen-bond acceptors (Lipinski definition) is 8. The highest BCUT2D eigenvalue weighted by Crippen LogP contribution is 2.35. The van der Waals surface area contributed by atoms with Crippen LogP contribution in [0.2, 0.25) is 5.15 Å². The molecule has 1 N–H and O–H groups in total. The van der Waals surface area contributed by atoms with Crippen LogP contribution in [0.15, 0.2) is 24.5 Å². The number of halogens is 1. The van der Waals surface area contributed by atoms with Crippen molar-refractivity contribution in [1.29, 1.82) is 0 Å². The van der Waals surface area contributed by atoms with Crippen molar-refractivity contribution in [3.63, 3.8) is 0 Å². The fourth-order valence-corrected chi connectivity index (χ4v) is 1.84. The average molecular weight is 326 g/mol. The number of nitro benzene ring substituents is 1. The van der Waals surface area contributed by atoms with Gasteiger partial charge in [-0.1, -0.05) is 11.6 Å². The van der Waals surface area contributed by atoms with E-state index in [1.54, 1.807) is 0 Å². The molecule has 0 aliphatic rings. The Hall–Kier alpha value is -3.01. The molecule has 0 amide bonds. The first-order valence-electron chi connectivity index (χ1n) is 5.68. The predicted octanol–water partition coefficient (Wildman–Crippen LogP) is 2.70. The van der Waals surface area contributed by atoms with Gasteiger partial charge in [-0.3, -0.25) is 20.2 Å². The highest BCUT2D eigenvalue weighted by molar-refractivity contribution is 6.31. The van der Waals surface area contributed by atoms with Crippen LogP contribution in [-0.2, 0) is 0 Å². The summed E-state index contributed by atoms with van der Waals surface area (Å²) < 4.78 is 5.03. The number of anilines is 2. The number of benzene rings is 1. The van der Waals surface area contributed by atoms with E-state index in [0.717, 1.165) is 6.33 Å². The van der Waals surface area contributed by atoms with Gasteiger partial charge in [0.25, 0.3) is 5.69 Å². The molecule has 0 aliphatic carbocycles. The number of nitrogens with zero attached hydrogens (tertiary/aromatic N) is 4. The van der Waals surface area contributed by atoms with Gasteiger partial charge in [0.15, 0.2) is 0 Å². The van der Waals surface area contributed by atoms with Gasteiger partial charge in [-0.15, -0.1) is 0 Å². The van der Waals surface area contributed by atoms with Gasteiger partial charge in [-0.05, 0) is 6.07 Å². The van der Waals surface area contributed by atoms with Crippen molar-refractivity contribution in [1.82, 2.24) is 9.97 Å². The lowest BCUT2D eigenvalue weighted by Crippen LogP contribution is -2.03. The highest BCUT2D eigenvalue weighted by Gasteiger charge is 2.23. The molecule has 0 fully saturated rings. The van der Waals surface area contributed by atoms with Gasteiger partial charge in [0.2, 0.25) is 11.0 Å². The number of hydrogen-bond donors (Lipinski definition) is 1. The lowest BCUT2D eigenvalue weighted by atomic mass is 10.2. The van der Waals surface area contributed by atoms with E-state index in [-0.39, 0.29) is 28.1 Å². The molecule has 11 heteroatoms. The third kappa shape index (κ3) is 3.01. The largest absolute Gasteiger partial charge is 0.494 e. The number of non-ortho nitro benzene ring substituents is 1. The minimum Gasteiger partial charge on any atom is -0.494 e. The first kappa shape index (κ1) is 15.4. The number of nitrogens with one attached hydrogen (secondary N) is 1. The monoisotopic (exact) mass is 325 g/mol. The summed E-state index contributed by atoms with van der Waals surface area (Å²) in [5, 5.41) is 24.1. The smallest absolute Gasteiger partial charge is 0.348 e. The molecule has 0 unspecified atom stereocenters. The van der Waals surface area contributed by atoms with Gasteiger partial charge < -0.3 is 10.1 Å². The second-order valence-corrected chi connectivity index (χ2v) is 4.24. The van der Waals surface area contributed by atoms with Crippen LogP contribution in [-0.4, -0.2) is 26.9 Å². The van der Waals surface area contributed by atoms with Crippen LogP contribution in [0.1, 0.15) is 0 Å². The Bertz CT molecular complexity index is 754. The Morgan fingerprint density at radius 1 is 1.23 bits per heavy atom. The van der Waals surface area contributed by atoms with Crippen molar-refractivity contribution in [3.05, 3.63) is 49.9 Å². The van der Waals surface area contributed by atoms with Crippen LogP contribution in [0.4, 0.5) is 22.9 Å². The van der Waals surface area contributed by atoms with Gasteiger partial charge in [0, 0.05) is 6.07 Å². The Kier molecular flexibility index (Phi) is 4.32. The quantitative estimate of drug-likeness (QED) is 0.503. The van der Waals surface area contributed by atoms with E-state index >= 15 is 0 Å². The fraction of sp³-hybridized carbons (Fsp3) is 0.0909. The van der Waals surface area contributed by atoms with Crippen molar-refractivity contribution in [2.24, 2.45) is 0 Å². The molecular weight excluding hydrogens is 318 g/mol. The van der Waals surface area contributed by atoms with E-state index in [4.69, 9.17) is 16.3 Å². The van der Waals surface area contributed by atoms with Crippen LogP contribution in [0.25, 0.3) is 0 Å². The number of aromatic nitrogens is 2. The molecule has 114 valence electrons. The Morgan fingerprint density at radius 3 is 2.55 bits per heavy atom. The number of rotatable bonds is 5. The standard InChI is InChI=1S/C11H8ClN5O5/c1-22-8-4-6(16(18)19)2-3-7(8)15-11-9(17(20)21)10(12)13-5-14-11/h2-5H,1H3,(H,13,14,15). The van der Waals surface area contributed by atoms with E-state index in [1.165, 1.54) is 25.3 Å². The molecule has 0 aliphatic heterocycles. The summed E-state index contributed by atoms with van der Waals surface area (Å²) in [4.78, 5) is 27.7. The Morgan fingerprint density at radius 2 is 1.95 bits per heavy atom. The number of methoxy groups -OCH3 is 1. The van der Waals surface area contributed by atoms with Gasteiger partial charge in [-0.2, -0.15) is 0 Å². The van der Waals surface area contributed by atoms with Gasteiger partial charge >= 0.3 is 5.69 Å². The maximum Gasteiger partial charge on any atom is 0.348 e. The minimum absolute atomic E-state index is 0.123. The molecule has 0 saturated heterocycles. The molecule has 0 radical (unpaired) electrons. The van der Waals surface area contributed by atoms with Gasteiger partial charge in [0.05, 0.1) is 28.7 Å². The Labute approximate surface area is 128 Å². The molecule has 22 heavy (non-hydrogen) atoms. The van der Waals surface area contributed by atoms with Gasteiger partial charge in [0.1, 0.15) is 12.1 Å². The van der Waals surface area contributed by atoms with Crippen molar-refractivity contribution in [2.45, 2.75) is 0 Å². The zero-order valence-corrected chi connectivity index (χ0v) is 11.8. The first-order chi connectivity index (χ1) is 10.4. The summed E-state index contributed by atoms with van der Waals surface area (Å²) >= 11 is 5.68. The first-order valence-corrected chi connectivity index (χ1v) is 6.06. The van der Waals surface area contributed by atoms with Crippen LogP contribution in [0.3, 0.4) is 0 Å². The molecule has 0 spiro atoms. The molecule has 0 saturated carbocycles. The molecule has 1 aromatic carbocycles. The van der Waals surface area contributed by atoms with E-state index in [9.17, 15) is 20.2 Å². The summed E-state index contributed by atoms with van der Waals surface area (Å²) in [5.41, 5.74) is -0.437. The van der Waals surface area contributed by atoms with E-state index < -0.39 is 15.5 Å². The topological polar surface area (TPSA) is 133 Å². The van der Waals surface area contributed by atoms with E-state index in [2.05, 4.69) is 15.3 Å². The molecule has 0 atom stereocenters. The summed E-state index contributed by atoms with van der Waals surface area (Å²) in [6.45, 7) is 0. The minimum atomic E-state index is -0.734. The number of ether oxygens (including phenoxy) is 1. The number of nitro groups is 2. The molecule has 2 rings (SSSR count). The fourth-order valence-electron chi connectivity index (χ4n) is 1.63. The third-order valence-electron chi connectivity index (χ3n) is 2.61. The van der Waals surface area contributed by atoms with E-state index in [1.807, 2.05) is 0 Å². The average Bonchev–Trinajstić information content (AvgIpc) is 2.47. The van der Waals surface area contributed by atoms with Crippen LogP contribution < -0.4 is 10.1 Å². The van der Waals surface area contributed by atoms with Crippen molar-refractivity contribution in [3.8, 4) is 5.75 Å². The molecular formula is C11H8ClN5O5. The van der Waals surface area contributed by atoms with E-state index in [0.29, 0.717) is 0 Å². The second kappa shape index (κ2) is 6.18. The van der Waals surface area contributed by atoms with Crippen LogP contribution >= 0.6 is 11.6 Å². The van der Waals surface area contributed by atoms with Crippen molar-refractivity contribution in [2.75, 3.05) is 12.4 Å². The lowest BCUT2D eigenvalue weighted by molar-refractivity contribution is -0.384. The van der Waals surface area contributed by atoms with Crippen molar-refractivity contribution < 1.29 is 14.6 Å². The zero-order valence-electron chi connectivity index (χ0n) is 11.0.